The molecule has 1 aliphatic rings. The van der Waals surface area contributed by atoms with Crippen molar-refractivity contribution in [3.8, 4) is 0 Å². The summed E-state index contributed by atoms with van der Waals surface area (Å²) in [6.07, 6.45) is 1.21. The Labute approximate surface area is 123 Å². The molecule has 1 aromatic rings. The molecule has 3 N–H and O–H groups in total. The summed E-state index contributed by atoms with van der Waals surface area (Å²) in [7, 11) is 0. The number of nitrogen functional groups attached to an aromatic ring is 1. The van der Waals surface area contributed by atoms with Crippen molar-refractivity contribution in [3.05, 3.63) is 17.8 Å². The van der Waals surface area contributed by atoms with E-state index in [4.69, 9.17) is 15.2 Å². The smallest absolute Gasteiger partial charge is 0.341 e. The number of morpholine rings is 1. The van der Waals surface area contributed by atoms with Crippen molar-refractivity contribution in [2.45, 2.75) is 26.0 Å². The second-order valence-electron chi connectivity index (χ2n) is 5.00. The first kappa shape index (κ1) is 15.5. The van der Waals surface area contributed by atoms with Crippen LogP contribution in [0.5, 0.6) is 0 Å². The van der Waals surface area contributed by atoms with Gasteiger partial charge in [-0.25, -0.2) is 9.78 Å². The largest absolute Gasteiger partial charge is 0.462 e. The Hall–Kier alpha value is -1.86. The molecule has 0 spiro atoms. The molecule has 2 unspecified atom stereocenters. The molecular weight excluding hydrogens is 274 g/mol. The lowest BCUT2D eigenvalue weighted by atomic mass is 10.1. The van der Waals surface area contributed by atoms with Crippen LogP contribution in [0.3, 0.4) is 0 Å². The highest BCUT2D eigenvalue weighted by molar-refractivity contribution is 5.95. The monoisotopic (exact) mass is 295 g/mol. The van der Waals surface area contributed by atoms with Gasteiger partial charge in [-0.3, -0.25) is 0 Å². The number of pyridine rings is 1. The summed E-state index contributed by atoms with van der Waals surface area (Å²) in [5, 5.41) is 9.27. The van der Waals surface area contributed by atoms with E-state index in [1.807, 2.05) is 11.8 Å². The van der Waals surface area contributed by atoms with Crippen molar-refractivity contribution in [3.63, 3.8) is 0 Å². The van der Waals surface area contributed by atoms with Gasteiger partial charge in [0.2, 0.25) is 0 Å². The topological polar surface area (TPSA) is 97.9 Å². The summed E-state index contributed by atoms with van der Waals surface area (Å²) in [5.74, 6) is 0.0587. The Morgan fingerprint density at radius 1 is 1.67 bits per heavy atom. The maximum absolute atomic E-state index is 12.1. The first-order valence-electron chi connectivity index (χ1n) is 6.98. The lowest BCUT2D eigenvalue weighted by Crippen LogP contribution is -2.50. The Bertz CT molecular complexity index is 509. The van der Waals surface area contributed by atoms with Gasteiger partial charge in [0.15, 0.2) is 0 Å². The number of ether oxygens (including phenoxy) is 2. The quantitative estimate of drug-likeness (QED) is 0.777. The minimum absolute atomic E-state index is 0.0390. The SMILES string of the molecule is CCOC(=O)c1cc(N)cnc1N1CC(CO)OCC1C. The third-order valence-corrected chi connectivity index (χ3v) is 3.36. The van der Waals surface area contributed by atoms with Crippen LogP contribution in [0.2, 0.25) is 0 Å². The second-order valence-corrected chi connectivity index (χ2v) is 5.00. The van der Waals surface area contributed by atoms with Gasteiger partial charge in [0.1, 0.15) is 11.4 Å². The van der Waals surface area contributed by atoms with Crippen molar-refractivity contribution in [1.82, 2.24) is 4.98 Å². The van der Waals surface area contributed by atoms with Crippen LogP contribution in [-0.2, 0) is 9.47 Å². The molecular formula is C14H21N3O4. The normalized spacial score (nSPS) is 22.1. The summed E-state index contributed by atoms with van der Waals surface area (Å²) < 4.78 is 10.6. The molecule has 0 amide bonds. The molecule has 116 valence electrons. The van der Waals surface area contributed by atoms with Gasteiger partial charge in [-0.1, -0.05) is 0 Å². The van der Waals surface area contributed by atoms with E-state index < -0.39 is 5.97 Å². The van der Waals surface area contributed by atoms with Crippen LogP contribution in [-0.4, -0.2) is 54.6 Å². The zero-order valence-electron chi connectivity index (χ0n) is 12.3. The number of esters is 1. The maximum Gasteiger partial charge on any atom is 0.341 e. The summed E-state index contributed by atoms with van der Waals surface area (Å²) in [5.41, 5.74) is 6.47. The van der Waals surface area contributed by atoms with Gasteiger partial charge in [0.25, 0.3) is 0 Å². The number of aromatic nitrogens is 1. The van der Waals surface area contributed by atoms with Gasteiger partial charge >= 0.3 is 5.97 Å². The number of hydrogen-bond donors (Lipinski definition) is 2. The van der Waals surface area contributed by atoms with E-state index in [1.54, 1.807) is 13.0 Å². The van der Waals surface area contributed by atoms with Gasteiger partial charge in [0.05, 0.1) is 43.9 Å². The summed E-state index contributed by atoms with van der Waals surface area (Å²) >= 11 is 0. The molecule has 0 saturated carbocycles. The molecule has 0 bridgehead atoms. The third-order valence-electron chi connectivity index (χ3n) is 3.36. The minimum atomic E-state index is -0.452. The first-order valence-corrected chi connectivity index (χ1v) is 6.98. The van der Waals surface area contributed by atoms with Crippen LogP contribution in [0, 0.1) is 0 Å². The Kier molecular flexibility index (Phi) is 4.98. The molecule has 1 saturated heterocycles. The molecule has 0 aliphatic carbocycles. The highest BCUT2D eigenvalue weighted by Crippen LogP contribution is 2.25. The van der Waals surface area contributed by atoms with Gasteiger partial charge in [-0.15, -0.1) is 0 Å². The van der Waals surface area contributed by atoms with E-state index in [0.717, 1.165) is 0 Å². The highest BCUT2D eigenvalue weighted by Gasteiger charge is 2.30. The minimum Gasteiger partial charge on any atom is -0.462 e. The molecule has 2 heterocycles. The van der Waals surface area contributed by atoms with E-state index in [9.17, 15) is 9.90 Å². The predicted molar refractivity (Wildman–Crippen MR) is 78.2 cm³/mol. The lowest BCUT2D eigenvalue weighted by molar-refractivity contribution is -0.0106. The van der Waals surface area contributed by atoms with Crippen molar-refractivity contribution in [2.75, 3.05) is 37.0 Å². The molecule has 7 nitrogen and oxygen atoms in total. The first-order chi connectivity index (χ1) is 10.1. The zero-order chi connectivity index (χ0) is 15.4. The molecule has 0 radical (unpaired) electrons. The molecule has 2 rings (SSSR count). The highest BCUT2D eigenvalue weighted by atomic mass is 16.5. The van der Waals surface area contributed by atoms with Crippen molar-refractivity contribution >= 4 is 17.5 Å². The molecule has 1 aromatic heterocycles. The fourth-order valence-corrected chi connectivity index (χ4v) is 2.28. The molecule has 21 heavy (non-hydrogen) atoms. The number of aliphatic hydroxyl groups is 1. The van der Waals surface area contributed by atoms with Crippen LogP contribution >= 0.6 is 0 Å². The number of anilines is 2. The third kappa shape index (κ3) is 3.43. The van der Waals surface area contributed by atoms with Crippen molar-refractivity contribution in [1.29, 1.82) is 0 Å². The average molecular weight is 295 g/mol. The molecule has 2 atom stereocenters. The van der Waals surface area contributed by atoms with E-state index >= 15 is 0 Å². The maximum atomic E-state index is 12.1. The number of nitrogens with two attached hydrogens (primary N) is 1. The summed E-state index contributed by atoms with van der Waals surface area (Å²) in [4.78, 5) is 18.3. The predicted octanol–water partition coefficient (Wildman–Crippen LogP) is 0.426. The molecule has 7 heteroatoms. The van der Waals surface area contributed by atoms with Crippen molar-refractivity contribution < 1.29 is 19.4 Å². The molecule has 1 fully saturated rings. The fraction of sp³-hybridized carbons (Fsp3) is 0.571. The molecule has 1 aliphatic heterocycles. The zero-order valence-corrected chi connectivity index (χ0v) is 12.3. The second kappa shape index (κ2) is 6.73. The van der Waals surface area contributed by atoms with Gasteiger partial charge in [-0.05, 0) is 19.9 Å². The summed E-state index contributed by atoms with van der Waals surface area (Å²) in [6, 6.07) is 1.60. The van der Waals surface area contributed by atoms with E-state index in [-0.39, 0.29) is 25.4 Å². The van der Waals surface area contributed by atoms with Gasteiger partial charge < -0.3 is 25.2 Å². The van der Waals surface area contributed by atoms with E-state index in [0.29, 0.717) is 30.2 Å². The van der Waals surface area contributed by atoms with Gasteiger partial charge in [0, 0.05) is 6.54 Å². The number of aliphatic hydroxyl groups excluding tert-OH is 1. The average Bonchev–Trinajstić information content (AvgIpc) is 2.48. The Morgan fingerprint density at radius 2 is 2.43 bits per heavy atom. The van der Waals surface area contributed by atoms with E-state index in [2.05, 4.69) is 4.98 Å². The Morgan fingerprint density at radius 3 is 3.10 bits per heavy atom. The number of carbonyl (C=O) groups excluding carboxylic acids is 1. The van der Waals surface area contributed by atoms with Crippen LogP contribution < -0.4 is 10.6 Å². The molecule has 0 aromatic carbocycles. The van der Waals surface area contributed by atoms with Crippen molar-refractivity contribution in [2.24, 2.45) is 0 Å². The van der Waals surface area contributed by atoms with Crippen LogP contribution in [0.25, 0.3) is 0 Å². The van der Waals surface area contributed by atoms with E-state index in [1.165, 1.54) is 6.20 Å². The number of rotatable bonds is 4. The fourth-order valence-electron chi connectivity index (χ4n) is 2.28. The lowest BCUT2D eigenvalue weighted by Gasteiger charge is -2.38. The number of carbonyl (C=O) groups is 1. The number of hydrogen-bond acceptors (Lipinski definition) is 7. The van der Waals surface area contributed by atoms with Gasteiger partial charge in [-0.2, -0.15) is 0 Å². The Balaban J connectivity index is 2.35. The standard InChI is InChI=1S/C14H21N3O4/c1-3-20-14(19)12-4-10(15)5-16-13(12)17-6-11(7-18)21-8-9(17)2/h4-5,9,11,18H,3,6-8,15H2,1-2H3. The summed E-state index contributed by atoms with van der Waals surface area (Å²) in [6.45, 7) is 4.84. The van der Waals surface area contributed by atoms with Crippen LogP contribution in [0.1, 0.15) is 24.2 Å². The van der Waals surface area contributed by atoms with Crippen LogP contribution in [0.4, 0.5) is 11.5 Å². The number of nitrogens with zero attached hydrogens (tertiary/aromatic N) is 2. The van der Waals surface area contributed by atoms with Crippen LogP contribution in [0.15, 0.2) is 12.3 Å².